The van der Waals surface area contributed by atoms with Crippen LogP contribution in [-0.2, 0) is 9.59 Å². The summed E-state index contributed by atoms with van der Waals surface area (Å²) in [4.78, 5) is 25.0. The standard InChI is InChI=1S/C15H18N2O2/c1-10-6-4-5-7-12(10)11(2)17(3)13-8-9-14(18)16-15(13)19/h4-7,13H,1,8-9H2,2-3H3,(H,16,18,19)/b12-11-. The third-order valence-electron chi connectivity index (χ3n) is 3.61. The van der Waals surface area contributed by atoms with E-state index in [9.17, 15) is 9.59 Å². The SMILES string of the molecule is C=c1cccc/c1=C(\C)N(C)C1CCC(=O)NC1=O. The van der Waals surface area contributed by atoms with Crippen molar-refractivity contribution in [2.24, 2.45) is 0 Å². The molecular weight excluding hydrogens is 240 g/mol. The van der Waals surface area contributed by atoms with Gasteiger partial charge in [-0.05, 0) is 23.8 Å². The van der Waals surface area contributed by atoms with Crippen LogP contribution in [0.4, 0.5) is 0 Å². The van der Waals surface area contributed by atoms with E-state index in [-0.39, 0.29) is 17.9 Å². The molecular formula is C15H18N2O2. The Kier molecular flexibility index (Phi) is 3.69. The third-order valence-corrected chi connectivity index (χ3v) is 3.61. The molecule has 19 heavy (non-hydrogen) atoms. The Hall–Kier alpha value is -2.10. The predicted octanol–water partition coefficient (Wildman–Crippen LogP) is -0.0380. The van der Waals surface area contributed by atoms with E-state index in [1.165, 1.54) is 0 Å². The smallest absolute Gasteiger partial charge is 0.249 e. The Balaban J connectivity index is 2.35. The first kappa shape index (κ1) is 13.3. The van der Waals surface area contributed by atoms with Gasteiger partial charge in [-0.1, -0.05) is 30.8 Å². The van der Waals surface area contributed by atoms with Gasteiger partial charge in [-0.15, -0.1) is 0 Å². The second-order valence-electron chi connectivity index (χ2n) is 4.82. The zero-order valence-corrected chi connectivity index (χ0v) is 11.3. The van der Waals surface area contributed by atoms with Crippen LogP contribution in [-0.4, -0.2) is 29.8 Å². The van der Waals surface area contributed by atoms with Gasteiger partial charge in [0.2, 0.25) is 11.8 Å². The lowest BCUT2D eigenvalue weighted by Gasteiger charge is -2.32. The monoisotopic (exact) mass is 258 g/mol. The van der Waals surface area contributed by atoms with E-state index in [2.05, 4.69) is 11.9 Å². The van der Waals surface area contributed by atoms with Gasteiger partial charge in [0.15, 0.2) is 0 Å². The van der Waals surface area contributed by atoms with Crippen molar-refractivity contribution < 1.29 is 9.59 Å². The van der Waals surface area contributed by atoms with Crippen molar-refractivity contribution in [3.05, 3.63) is 34.7 Å². The van der Waals surface area contributed by atoms with Gasteiger partial charge in [0, 0.05) is 19.2 Å². The first-order valence-electron chi connectivity index (χ1n) is 6.32. The van der Waals surface area contributed by atoms with Crippen LogP contribution in [0, 0.1) is 0 Å². The lowest BCUT2D eigenvalue weighted by molar-refractivity contribution is -0.136. The number of benzene rings is 1. The summed E-state index contributed by atoms with van der Waals surface area (Å²) < 4.78 is 0. The van der Waals surface area contributed by atoms with Crippen LogP contribution in [0.1, 0.15) is 19.8 Å². The largest absolute Gasteiger partial charge is 0.366 e. The Labute approximate surface area is 112 Å². The van der Waals surface area contributed by atoms with E-state index in [0.717, 1.165) is 16.1 Å². The molecule has 2 amide bonds. The highest BCUT2D eigenvalue weighted by molar-refractivity contribution is 6.00. The number of likely N-dealkylation sites (N-methyl/N-ethyl adjacent to an activating group) is 1. The minimum Gasteiger partial charge on any atom is -0.366 e. The van der Waals surface area contributed by atoms with Crippen molar-refractivity contribution in [3.63, 3.8) is 0 Å². The number of hydrogen-bond acceptors (Lipinski definition) is 3. The molecule has 0 radical (unpaired) electrons. The molecule has 2 rings (SSSR count). The second kappa shape index (κ2) is 5.26. The molecule has 1 heterocycles. The van der Waals surface area contributed by atoms with E-state index >= 15 is 0 Å². The highest BCUT2D eigenvalue weighted by Crippen LogP contribution is 2.14. The van der Waals surface area contributed by atoms with Crippen LogP contribution >= 0.6 is 0 Å². The molecule has 0 aromatic heterocycles. The summed E-state index contributed by atoms with van der Waals surface area (Å²) in [6.07, 6.45) is 0.942. The van der Waals surface area contributed by atoms with E-state index in [1.54, 1.807) is 0 Å². The molecule has 0 spiro atoms. The molecule has 1 N–H and O–H groups in total. The number of nitrogens with zero attached hydrogens (tertiary/aromatic N) is 1. The Morgan fingerprint density at radius 3 is 2.68 bits per heavy atom. The van der Waals surface area contributed by atoms with Crippen LogP contribution < -0.4 is 15.8 Å². The zero-order chi connectivity index (χ0) is 14.0. The summed E-state index contributed by atoms with van der Waals surface area (Å²) in [6, 6.07) is 7.52. The highest BCUT2D eigenvalue weighted by atomic mass is 16.2. The van der Waals surface area contributed by atoms with Gasteiger partial charge in [0.1, 0.15) is 6.04 Å². The molecule has 0 bridgehead atoms. The molecule has 1 aromatic rings. The van der Waals surface area contributed by atoms with Gasteiger partial charge in [0.05, 0.1) is 0 Å². The lowest BCUT2D eigenvalue weighted by Crippen LogP contribution is -2.51. The molecule has 1 aromatic carbocycles. The van der Waals surface area contributed by atoms with Gasteiger partial charge >= 0.3 is 0 Å². The molecule has 1 unspecified atom stereocenters. The summed E-state index contributed by atoms with van der Waals surface area (Å²) in [5.74, 6) is -0.412. The maximum atomic E-state index is 11.9. The van der Waals surface area contributed by atoms with Crippen LogP contribution in [0.15, 0.2) is 24.3 Å². The molecule has 1 saturated heterocycles. The maximum Gasteiger partial charge on any atom is 0.249 e. The maximum absolute atomic E-state index is 11.9. The second-order valence-corrected chi connectivity index (χ2v) is 4.82. The number of carbonyl (C=O) groups excluding carboxylic acids is 2. The summed E-state index contributed by atoms with van der Waals surface area (Å²) in [5.41, 5.74) is 0.986. The molecule has 4 nitrogen and oxygen atoms in total. The fourth-order valence-electron chi connectivity index (χ4n) is 2.35. The fourth-order valence-corrected chi connectivity index (χ4v) is 2.35. The van der Waals surface area contributed by atoms with Crippen molar-refractivity contribution in [1.29, 1.82) is 0 Å². The molecule has 1 aliphatic rings. The normalized spacial score (nSPS) is 20.8. The number of nitrogens with one attached hydrogen (secondary N) is 1. The summed E-state index contributed by atoms with van der Waals surface area (Å²) in [7, 11) is 1.88. The van der Waals surface area contributed by atoms with Crippen LogP contribution in [0.5, 0.6) is 0 Å². The topological polar surface area (TPSA) is 49.4 Å². The van der Waals surface area contributed by atoms with Crippen molar-refractivity contribution in [3.8, 4) is 0 Å². The Morgan fingerprint density at radius 2 is 2.05 bits per heavy atom. The van der Waals surface area contributed by atoms with Gasteiger partial charge in [0.25, 0.3) is 0 Å². The van der Waals surface area contributed by atoms with Crippen molar-refractivity contribution in [1.82, 2.24) is 10.2 Å². The lowest BCUT2D eigenvalue weighted by atomic mass is 10.0. The number of hydrogen-bond donors (Lipinski definition) is 1. The number of amides is 2. The number of imide groups is 1. The van der Waals surface area contributed by atoms with Crippen LogP contribution in [0.2, 0.25) is 0 Å². The van der Waals surface area contributed by atoms with Gasteiger partial charge in [-0.3, -0.25) is 14.9 Å². The van der Waals surface area contributed by atoms with E-state index < -0.39 is 0 Å². The molecule has 1 atom stereocenters. The first-order valence-corrected chi connectivity index (χ1v) is 6.32. The summed E-state index contributed by atoms with van der Waals surface area (Å²) in [6.45, 7) is 5.96. The van der Waals surface area contributed by atoms with Gasteiger partial charge < -0.3 is 4.90 Å². The summed E-state index contributed by atoms with van der Waals surface area (Å²) in [5, 5.41) is 4.34. The summed E-state index contributed by atoms with van der Waals surface area (Å²) >= 11 is 0. The predicted molar refractivity (Wildman–Crippen MR) is 74.2 cm³/mol. The molecule has 4 heteroatoms. The molecule has 100 valence electrons. The minimum absolute atomic E-state index is 0.190. The number of rotatable bonds is 2. The zero-order valence-electron chi connectivity index (χ0n) is 11.3. The Morgan fingerprint density at radius 1 is 1.37 bits per heavy atom. The van der Waals surface area contributed by atoms with E-state index in [1.807, 2.05) is 43.1 Å². The quantitative estimate of drug-likeness (QED) is 0.757. The molecule has 0 saturated carbocycles. The average molecular weight is 258 g/mol. The van der Waals surface area contributed by atoms with Crippen LogP contribution in [0.3, 0.4) is 0 Å². The molecule has 0 aliphatic carbocycles. The molecule has 1 aliphatic heterocycles. The Bertz CT molecular complexity index is 621. The van der Waals surface area contributed by atoms with Gasteiger partial charge in [-0.2, -0.15) is 0 Å². The number of carbonyl (C=O) groups is 2. The molecule has 1 fully saturated rings. The van der Waals surface area contributed by atoms with E-state index in [4.69, 9.17) is 0 Å². The van der Waals surface area contributed by atoms with Crippen molar-refractivity contribution >= 4 is 24.1 Å². The third kappa shape index (κ3) is 2.67. The van der Waals surface area contributed by atoms with Gasteiger partial charge in [-0.25, -0.2) is 0 Å². The van der Waals surface area contributed by atoms with E-state index in [0.29, 0.717) is 12.8 Å². The first-order chi connectivity index (χ1) is 9.00. The van der Waals surface area contributed by atoms with Crippen molar-refractivity contribution in [2.75, 3.05) is 7.05 Å². The van der Waals surface area contributed by atoms with Crippen LogP contribution in [0.25, 0.3) is 12.3 Å². The minimum atomic E-state index is -0.294. The average Bonchev–Trinajstić information content (AvgIpc) is 2.38. The van der Waals surface area contributed by atoms with Crippen molar-refractivity contribution in [2.45, 2.75) is 25.8 Å². The highest BCUT2D eigenvalue weighted by Gasteiger charge is 2.29. The fraction of sp³-hybridized carbons (Fsp3) is 0.333. The number of piperidine rings is 1.